The number of amides is 1. The molecule has 2 aliphatic heterocycles. The van der Waals surface area contributed by atoms with Crippen molar-refractivity contribution >= 4 is 45.3 Å². The van der Waals surface area contributed by atoms with Crippen LogP contribution < -0.4 is 21.2 Å². The van der Waals surface area contributed by atoms with E-state index >= 15 is 0 Å². The van der Waals surface area contributed by atoms with Gasteiger partial charge in [-0.3, -0.25) is 14.2 Å². The van der Waals surface area contributed by atoms with E-state index in [9.17, 15) is 14.4 Å². The molecule has 4 heterocycles. The summed E-state index contributed by atoms with van der Waals surface area (Å²) in [5.41, 5.74) is 6.41. The van der Waals surface area contributed by atoms with E-state index in [0.717, 1.165) is 37.0 Å². The smallest absolute Gasteiger partial charge is 0.328 e. The molecule has 0 unspecified atom stereocenters. The summed E-state index contributed by atoms with van der Waals surface area (Å²) in [6.45, 7) is 8.37. The van der Waals surface area contributed by atoms with Crippen LogP contribution in [0.3, 0.4) is 0 Å². The summed E-state index contributed by atoms with van der Waals surface area (Å²) in [6, 6.07) is -0.541. The van der Waals surface area contributed by atoms with E-state index in [2.05, 4.69) is 20.6 Å². The molecule has 2 saturated heterocycles. The Kier molecular flexibility index (Phi) is 7.57. The van der Waals surface area contributed by atoms with Crippen LogP contribution in [0.2, 0.25) is 0 Å². The van der Waals surface area contributed by atoms with Crippen molar-refractivity contribution in [3.05, 3.63) is 9.67 Å². The van der Waals surface area contributed by atoms with Crippen molar-refractivity contribution in [3.8, 4) is 0 Å². The number of nitrogens with zero attached hydrogens (tertiary/aromatic N) is 3. The summed E-state index contributed by atoms with van der Waals surface area (Å²) in [5, 5.41) is 6.06. The molecule has 2 aromatic rings. The monoisotopic (exact) mass is 564 g/mol. The Labute approximate surface area is 229 Å². The van der Waals surface area contributed by atoms with Crippen LogP contribution in [0.15, 0.2) is 4.79 Å². The molecular formula is C25H36N6O7S. The first kappa shape index (κ1) is 27.7. The number of rotatable bonds is 8. The van der Waals surface area contributed by atoms with E-state index in [-0.39, 0.29) is 35.3 Å². The number of aromatic nitrogens is 3. The van der Waals surface area contributed by atoms with Crippen molar-refractivity contribution in [2.75, 3.05) is 17.7 Å². The summed E-state index contributed by atoms with van der Waals surface area (Å²) >= 11 is 1.01. The molecule has 5 atom stereocenters. The second kappa shape index (κ2) is 10.6. The highest BCUT2D eigenvalue weighted by Crippen LogP contribution is 2.44. The molecule has 1 amide bonds. The molecule has 214 valence electrons. The Morgan fingerprint density at radius 1 is 1.21 bits per heavy atom. The van der Waals surface area contributed by atoms with Crippen molar-refractivity contribution in [2.24, 2.45) is 5.92 Å². The number of carbonyl (C=O) groups is 2. The minimum atomic E-state index is -0.949. The molecule has 3 fully saturated rings. The molecule has 13 nitrogen and oxygen atoms in total. The van der Waals surface area contributed by atoms with Crippen LogP contribution in [-0.4, -0.2) is 69.2 Å². The quantitative estimate of drug-likeness (QED) is 0.400. The van der Waals surface area contributed by atoms with E-state index in [1.165, 1.54) is 11.5 Å². The maximum absolute atomic E-state index is 13.4. The summed E-state index contributed by atoms with van der Waals surface area (Å²) in [7, 11) is 0. The second-order valence-electron chi connectivity index (χ2n) is 11.1. The molecule has 1 saturated carbocycles. The van der Waals surface area contributed by atoms with Crippen LogP contribution in [0.25, 0.3) is 10.3 Å². The minimum Gasteiger partial charge on any atom is -0.461 e. The van der Waals surface area contributed by atoms with Gasteiger partial charge in [0.2, 0.25) is 11.9 Å². The fourth-order valence-corrected chi connectivity index (χ4v) is 6.39. The van der Waals surface area contributed by atoms with Crippen LogP contribution in [-0.2, 0) is 28.5 Å². The van der Waals surface area contributed by atoms with Crippen molar-refractivity contribution in [3.63, 3.8) is 0 Å². The molecule has 2 aromatic heterocycles. The molecule has 0 bridgehead atoms. The topological polar surface area (TPSA) is 169 Å². The van der Waals surface area contributed by atoms with Gasteiger partial charge in [-0.1, -0.05) is 38.0 Å². The average Bonchev–Trinajstić information content (AvgIpc) is 3.60. The molecule has 4 N–H and O–H groups in total. The van der Waals surface area contributed by atoms with Gasteiger partial charge in [-0.2, -0.15) is 9.97 Å². The molecular weight excluding hydrogens is 528 g/mol. The average molecular weight is 565 g/mol. The summed E-state index contributed by atoms with van der Waals surface area (Å²) in [4.78, 5) is 46.2. The third kappa shape index (κ3) is 5.60. The SMILES string of the molecule is CC(=O)N[C@H](C(=O)OC[C@H]1O[C@@H](n2c(=O)sc3c(NC4CCCC4)nc(N)nc32)[C@@H]2OC(C)(C)O[C@@H]21)C(C)C. The highest BCUT2D eigenvalue weighted by molar-refractivity contribution is 7.17. The lowest BCUT2D eigenvalue weighted by Gasteiger charge is -2.25. The molecule has 0 aromatic carbocycles. The molecule has 1 aliphatic carbocycles. The van der Waals surface area contributed by atoms with Crippen LogP contribution in [0, 0.1) is 5.92 Å². The van der Waals surface area contributed by atoms with Crippen molar-refractivity contribution in [1.29, 1.82) is 0 Å². The zero-order valence-corrected chi connectivity index (χ0v) is 23.6. The predicted octanol–water partition coefficient (Wildman–Crippen LogP) is 1.91. The van der Waals surface area contributed by atoms with Crippen molar-refractivity contribution in [1.82, 2.24) is 19.9 Å². The highest BCUT2D eigenvalue weighted by Gasteiger charge is 2.57. The Morgan fingerprint density at radius 2 is 1.90 bits per heavy atom. The number of fused-ring (bicyclic) bond motifs is 2. The number of nitrogen functional groups attached to an aromatic ring is 1. The third-order valence-corrected chi connectivity index (χ3v) is 8.18. The minimum absolute atomic E-state index is 0.0381. The summed E-state index contributed by atoms with van der Waals surface area (Å²) in [5.74, 6) is -1.46. The molecule has 0 spiro atoms. The van der Waals surface area contributed by atoms with Crippen LogP contribution >= 0.6 is 11.3 Å². The van der Waals surface area contributed by atoms with E-state index in [0.29, 0.717) is 16.2 Å². The van der Waals surface area contributed by atoms with Gasteiger partial charge in [0, 0.05) is 13.0 Å². The van der Waals surface area contributed by atoms with E-state index in [1.807, 2.05) is 13.8 Å². The molecule has 5 rings (SSSR count). The number of esters is 1. The number of nitrogens with one attached hydrogen (secondary N) is 2. The van der Waals surface area contributed by atoms with Crippen LogP contribution in [0.5, 0.6) is 0 Å². The van der Waals surface area contributed by atoms with Gasteiger partial charge in [-0.15, -0.1) is 0 Å². The van der Waals surface area contributed by atoms with E-state index < -0.39 is 42.3 Å². The lowest BCUT2D eigenvalue weighted by molar-refractivity contribution is -0.202. The number of nitrogens with two attached hydrogens (primary N) is 1. The van der Waals surface area contributed by atoms with Crippen molar-refractivity contribution < 1.29 is 28.5 Å². The number of hydrogen-bond acceptors (Lipinski definition) is 12. The van der Waals surface area contributed by atoms with Gasteiger partial charge in [0.15, 0.2) is 23.5 Å². The standard InChI is InChI=1S/C25H36N6O7S/c1-11(2)15(27-12(3)32)22(33)35-10-14-16-17(38-25(4,5)37-16)21(36-14)31-20-18(39-24(31)34)19(29-23(26)30-20)28-13-8-6-7-9-13/h11,13-17,21H,6-10H2,1-5H3,(H,27,32)(H3,26,28,29,30)/t14-,15+,16-,17-,21-/m1/s1. The van der Waals surface area contributed by atoms with Gasteiger partial charge in [0.1, 0.15) is 35.7 Å². The highest BCUT2D eigenvalue weighted by atomic mass is 32.1. The van der Waals surface area contributed by atoms with Gasteiger partial charge >= 0.3 is 10.8 Å². The lowest BCUT2D eigenvalue weighted by Crippen LogP contribution is -2.45. The Hall–Kier alpha value is -2.81. The first-order valence-corrected chi connectivity index (χ1v) is 14.1. The molecule has 3 aliphatic rings. The zero-order chi connectivity index (χ0) is 28.1. The first-order valence-electron chi connectivity index (χ1n) is 13.3. The number of carbonyl (C=O) groups excluding carboxylic acids is 2. The summed E-state index contributed by atoms with van der Waals surface area (Å²) < 4.78 is 26.1. The lowest BCUT2D eigenvalue weighted by atomic mass is 10.0. The maximum Gasteiger partial charge on any atom is 0.328 e. The van der Waals surface area contributed by atoms with Crippen LogP contribution in [0.1, 0.15) is 66.5 Å². The fraction of sp³-hybridized carbons (Fsp3) is 0.720. The van der Waals surface area contributed by atoms with Gasteiger partial charge in [-0.25, -0.2) is 4.79 Å². The van der Waals surface area contributed by atoms with Gasteiger partial charge in [0.05, 0.1) is 0 Å². The number of hydrogen-bond donors (Lipinski definition) is 3. The Balaban J connectivity index is 1.42. The Bertz CT molecular complexity index is 1300. The molecule has 14 heteroatoms. The zero-order valence-electron chi connectivity index (χ0n) is 22.8. The van der Waals surface area contributed by atoms with Crippen molar-refractivity contribution in [2.45, 2.75) is 103 Å². The molecule has 0 radical (unpaired) electrons. The number of anilines is 2. The van der Waals surface area contributed by atoms with E-state index in [4.69, 9.17) is 24.7 Å². The van der Waals surface area contributed by atoms with Gasteiger partial charge in [-0.05, 0) is 32.6 Å². The van der Waals surface area contributed by atoms with Gasteiger partial charge in [0.25, 0.3) is 0 Å². The fourth-order valence-electron chi connectivity index (χ4n) is 5.49. The third-order valence-electron chi connectivity index (χ3n) is 7.22. The summed E-state index contributed by atoms with van der Waals surface area (Å²) in [6.07, 6.45) is 1.41. The van der Waals surface area contributed by atoms with E-state index in [1.54, 1.807) is 13.8 Å². The largest absolute Gasteiger partial charge is 0.461 e. The molecule has 39 heavy (non-hydrogen) atoms. The first-order chi connectivity index (χ1) is 18.4. The number of thiazole rings is 1. The Morgan fingerprint density at radius 3 is 2.56 bits per heavy atom. The van der Waals surface area contributed by atoms with Gasteiger partial charge < -0.3 is 35.3 Å². The number of ether oxygens (including phenoxy) is 4. The maximum atomic E-state index is 13.4. The normalized spacial score (nSPS) is 27.1. The van der Waals surface area contributed by atoms with Crippen LogP contribution in [0.4, 0.5) is 11.8 Å². The second-order valence-corrected chi connectivity index (χ2v) is 12.1. The predicted molar refractivity (Wildman–Crippen MR) is 143 cm³/mol.